The summed E-state index contributed by atoms with van der Waals surface area (Å²) in [5.41, 5.74) is -0.666. The molecule has 2 rings (SSSR count). The average molecular weight is 305 g/mol. The minimum Gasteiger partial charge on any atom is -0.468 e. The van der Waals surface area contributed by atoms with Gasteiger partial charge in [-0.25, -0.2) is 4.99 Å². The number of benzene rings is 1. The van der Waals surface area contributed by atoms with Crippen LogP contribution in [0.5, 0.6) is 0 Å². The van der Waals surface area contributed by atoms with E-state index in [9.17, 15) is 10.0 Å². The van der Waals surface area contributed by atoms with Crippen LogP contribution in [0.15, 0.2) is 35.3 Å². The Bertz CT molecular complexity index is 582. The zero-order chi connectivity index (χ0) is 16.5. The fourth-order valence-electron chi connectivity index (χ4n) is 2.70. The Balaban J connectivity index is 2.48. The fourth-order valence-corrected chi connectivity index (χ4v) is 2.70. The zero-order valence-corrected chi connectivity index (χ0v) is 13.7. The highest BCUT2D eigenvalue weighted by atomic mass is 16.5. The molecule has 0 spiro atoms. The summed E-state index contributed by atoms with van der Waals surface area (Å²) >= 11 is 0. The topological polar surface area (TPSA) is 65.4 Å². The molecule has 0 aliphatic carbocycles. The number of aliphatic imine (C=N–C) groups is 1. The highest BCUT2D eigenvalue weighted by Gasteiger charge is 2.49. The van der Waals surface area contributed by atoms with Crippen LogP contribution in [0.4, 0.5) is 5.69 Å². The van der Waals surface area contributed by atoms with Crippen molar-refractivity contribution in [2.24, 2.45) is 4.99 Å². The van der Waals surface area contributed by atoms with E-state index >= 15 is 0 Å². The van der Waals surface area contributed by atoms with Crippen LogP contribution in [-0.4, -0.2) is 46.9 Å². The minimum absolute atomic E-state index is 0.0344. The van der Waals surface area contributed by atoms with Crippen LogP contribution in [-0.2, 0) is 9.53 Å². The summed E-state index contributed by atoms with van der Waals surface area (Å²) < 4.78 is 4.80. The lowest BCUT2D eigenvalue weighted by Crippen LogP contribution is -2.54. The second-order valence-corrected chi connectivity index (χ2v) is 6.30. The van der Waals surface area contributed by atoms with E-state index in [1.807, 2.05) is 58.0 Å². The predicted molar refractivity (Wildman–Crippen MR) is 85.0 cm³/mol. The van der Waals surface area contributed by atoms with Crippen LogP contribution in [0, 0.1) is 0 Å². The van der Waals surface area contributed by atoms with Gasteiger partial charge < -0.3 is 14.8 Å². The molecular weight excluding hydrogens is 282 g/mol. The number of hydroxylamine groups is 2. The van der Waals surface area contributed by atoms with Crippen LogP contribution < -0.4 is 4.90 Å². The summed E-state index contributed by atoms with van der Waals surface area (Å²) in [7, 11) is 1.36. The van der Waals surface area contributed by atoms with Crippen molar-refractivity contribution in [2.75, 3.05) is 18.6 Å². The third kappa shape index (κ3) is 2.84. The molecule has 0 saturated carbocycles. The van der Waals surface area contributed by atoms with Gasteiger partial charge in [0.25, 0.3) is 0 Å². The van der Waals surface area contributed by atoms with Crippen LogP contribution in [0.3, 0.4) is 0 Å². The number of esters is 1. The molecule has 1 aromatic carbocycles. The van der Waals surface area contributed by atoms with Crippen LogP contribution in [0.2, 0.25) is 0 Å². The lowest BCUT2D eigenvalue weighted by Gasteiger charge is -2.36. The SMILES string of the molecule is COC(=O)CN(C1=NC(C)(C)N(O)C1(C)C)c1ccccc1. The zero-order valence-electron chi connectivity index (χ0n) is 13.7. The monoisotopic (exact) mass is 305 g/mol. The van der Waals surface area contributed by atoms with Crippen molar-refractivity contribution in [3.05, 3.63) is 30.3 Å². The second kappa shape index (κ2) is 5.70. The number of para-hydroxylation sites is 1. The standard InChI is InChI=1S/C16H23N3O3/c1-15(2)14(17-16(3,4)19(15)21)18(11-13(20)22-5)12-9-7-6-8-10-12/h6-10,21H,11H2,1-5H3. The van der Waals surface area contributed by atoms with Crippen molar-refractivity contribution >= 4 is 17.5 Å². The first-order chi connectivity index (χ1) is 10.2. The van der Waals surface area contributed by atoms with Gasteiger partial charge in [-0.05, 0) is 39.8 Å². The summed E-state index contributed by atoms with van der Waals surface area (Å²) in [5.74, 6) is 0.258. The molecule has 0 fully saturated rings. The summed E-state index contributed by atoms with van der Waals surface area (Å²) in [6.45, 7) is 7.42. The molecule has 0 aromatic heterocycles. The molecule has 0 unspecified atom stereocenters. The number of hydrogen-bond acceptors (Lipinski definition) is 6. The first-order valence-electron chi connectivity index (χ1n) is 7.19. The molecule has 6 heteroatoms. The largest absolute Gasteiger partial charge is 0.468 e. The number of amidine groups is 1. The third-order valence-electron chi connectivity index (χ3n) is 3.81. The fraction of sp³-hybridized carbons (Fsp3) is 0.500. The average Bonchev–Trinajstić information content (AvgIpc) is 2.65. The van der Waals surface area contributed by atoms with Gasteiger partial charge in [0.1, 0.15) is 23.6 Å². The smallest absolute Gasteiger partial charge is 0.325 e. The maximum absolute atomic E-state index is 11.8. The van der Waals surface area contributed by atoms with E-state index in [2.05, 4.69) is 4.99 Å². The summed E-state index contributed by atoms with van der Waals surface area (Å²) in [6, 6.07) is 9.49. The normalized spacial score (nSPS) is 19.6. The van der Waals surface area contributed by atoms with Gasteiger partial charge in [0, 0.05) is 5.69 Å². The van der Waals surface area contributed by atoms with E-state index in [1.165, 1.54) is 12.2 Å². The van der Waals surface area contributed by atoms with Gasteiger partial charge in [-0.15, -0.1) is 0 Å². The highest BCUT2D eigenvalue weighted by Crippen LogP contribution is 2.35. The quantitative estimate of drug-likeness (QED) is 0.868. The summed E-state index contributed by atoms with van der Waals surface area (Å²) in [5, 5.41) is 11.6. The number of nitrogens with zero attached hydrogens (tertiary/aromatic N) is 3. The van der Waals surface area contributed by atoms with E-state index in [0.717, 1.165) is 5.69 Å². The molecule has 6 nitrogen and oxygen atoms in total. The Morgan fingerprint density at radius 1 is 1.27 bits per heavy atom. The van der Waals surface area contributed by atoms with Crippen molar-refractivity contribution in [3.8, 4) is 0 Å². The molecule has 1 aliphatic rings. The maximum Gasteiger partial charge on any atom is 0.325 e. The Morgan fingerprint density at radius 3 is 2.32 bits per heavy atom. The van der Waals surface area contributed by atoms with Crippen LogP contribution in [0.25, 0.3) is 0 Å². The van der Waals surface area contributed by atoms with Gasteiger partial charge in [-0.3, -0.25) is 4.79 Å². The molecule has 1 heterocycles. The molecule has 0 saturated heterocycles. The van der Waals surface area contributed by atoms with Gasteiger partial charge in [0.2, 0.25) is 0 Å². The van der Waals surface area contributed by atoms with Crippen LogP contribution >= 0.6 is 0 Å². The van der Waals surface area contributed by atoms with Crippen molar-refractivity contribution < 1.29 is 14.7 Å². The number of anilines is 1. The number of carbonyl (C=O) groups is 1. The number of carbonyl (C=O) groups excluding carboxylic acids is 1. The Kier molecular flexibility index (Phi) is 4.26. The molecule has 120 valence electrons. The van der Waals surface area contributed by atoms with Crippen LogP contribution in [0.1, 0.15) is 27.7 Å². The number of rotatable bonds is 3. The Labute approximate surface area is 131 Å². The summed E-state index contributed by atoms with van der Waals surface area (Å²) in [6.07, 6.45) is 0. The van der Waals surface area contributed by atoms with Crippen molar-refractivity contribution in [1.29, 1.82) is 0 Å². The lowest BCUT2D eigenvalue weighted by atomic mass is 10.0. The number of methoxy groups -OCH3 is 1. The molecule has 1 aromatic rings. The molecule has 0 bridgehead atoms. The second-order valence-electron chi connectivity index (χ2n) is 6.30. The molecule has 1 aliphatic heterocycles. The molecule has 0 atom stereocenters. The van der Waals surface area contributed by atoms with Gasteiger partial charge in [0.05, 0.1) is 7.11 Å². The van der Waals surface area contributed by atoms with E-state index in [-0.39, 0.29) is 12.5 Å². The first-order valence-corrected chi connectivity index (χ1v) is 7.19. The Morgan fingerprint density at radius 2 is 1.86 bits per heavy atom. The molecule has 22 heavy (non-hydrogen) atoms. The van der Waals surface area contributed by atoms with Gasteiger partial charge in [-0.1, -0.05) is 18.2 Å². The maximum atomic E-state index is 11.8. The lowest BCUT2D eigenvalue weighted by molar-refractivity contribution is -0.188. The molecule has 0 amide bonds. The van der Waals surface area contributed by atoms with Crippen molar-refractivity contribution in [1.82, 2.24) is 5.06 Å². The van der Waals surface area contributed by atoms with E-state index in [4.69, 9.17) is 4.74 Å². The highest BCUT2D eigenvalue weighted by molar-refractivity contribution is 6.07. The first kappa shape index (κ1) is 16.5. The van der Waals surface area contributed by atoms with Crippen molar-refractivity contribution in [3.63, 3.8) is 0 Å². The number of hydrogen-bond donors (Lipinski definition) is 1. The minimum atomic E-state index is -0.762. The number of ether oxygens (including phenoxy) is 1. The molecule has 0 radical (unpaired) electrons. The van der Waals surface area contributed by atoms with Crippen molar-refractivity contribution in [2.45, 2.75) is 38.9 Å². The molecular formula is C16H23N3O3. The van der Waals surface area contributed by atoms with Gasteiger partial charge in [0.15, 0.2) is 0 Å². The predicted octanol–water partition coefficient (Wildman–Crippen LogP) is 2.28. The van der Waals surface area contributed by atoms with E-state index in [0.29, 0.717) is 5.84 Å². The third-order valence-corrected chi connectivity index (χ3v) is 3.81. The summed E-state index contributed by atoms with van der Waals surface area (Å²) in [4.78, 5) is 18.2. The van der Waals surface area contributed by atoms with E-state index < -0.39 is 11.2 Å². The van der Waals surface area contributed by atoms with Gasteiger partial charge >= 0.3 is 5.97 Å². The van der Waals surface area contributed by atoms with Gasteiger partial charge in [-0.2, -0.15) is 5.06 Å². The molecule has 1 N–H and O–H groups in total. The van der Waals surface area contributed by atoms with E-state index in [1.54, 1.807) is 4.90 Å². The Hall–Kier alpha value is -1.92.